The van der Waals surface area contributed by atoms with E-state index in [-0.39, 0.29) is 17.5 Å². The van der Waals surface area contributed by atoms with Crippen LogP contribution in [0.3, 0.4) is 0 Å². The van der Waals surface area contributed by atoms with Crippen molar-refractivity contribution in [2.45, 2.75) is 37.2 Å². The second kappa shape index (κ2) is 8.48. The van der Waals surface area contributed by atoms with Crippen LogP contribution in [0.1, 0.15) is 20.8 Å². The molecule has 1 N–H and O–H groups in total. The van der Waals surface area contributed by atoms with Crippen LogP contribution in [0.2, 0.25) is 0 Å². The first-order chi connectivity index (χ1) is 13.4. The van der Waals surface area contributed by atoms with Crippen molar-refractivity contribution in [1.82, 2.24) is 14.9 Å². The molecular weight excluding hydrogens is 374 g/mol. The molecule has 0 bridgehead atoms. The van der Waals surface area contributed by atoms with Crippen molar-refractivity contribution in [2.75, 3.05) is 7.11 Å². The number of hydrogen-bond acceptors (Lipinski definition) is 5. The Balaban J connectivity index is 2.11. The summed E-state index contributed by atoms with van der Waals surface area (Å²) in [4.78, 5) is 30.3. The topological polar surface area (TPSA) is 73.2 Å². The zero-order valence-corrected chi connectivity index (χ0v) is 17.1. The molecule has 0 aliphatic heterocycles. The van der Waals surface area contributed by atoms with Gasteiger partial charge in [-0.15, -0.1) is 0 Å². The van der Waals surface area contributed by atoms with Gasteiger partial charge in [0.15, 0.2) is 5.16 Å². The van der Waals surface area contributed by atoms with Gasteiger partial charge in [-0.3, -0.25) is 14.2 Å². The van der Waals surface area contributed by atoms with Crippen LogP contribution in [0.5, 0.6) is 5.75 Å². The van der Waals surface area contributed by atoms with Crippen LogP contribution in [-0.4, -0.2) is 33.9 Å². The predicted molar refractivity (Wildman–Crippen MR) is 112 cm³/mol. The molecule has 0 aliphatic carbocycles. The molecule has 0 unspecified atom stereocenters. The summed E-state index contributed by atoms with van der Waals surface area (Å²) in [6.45, 7) is 5.63. The fraction of sp³-hybridized carbons (Fsp3) is 0.286. The minimum atomic E-state index is -0.403. The summed E-state index contributed by atoms with van der Waals surface area (Å²) in [5.74, 6) is 0.605. The average molecular weight is 398 g/mol. The summed E-state index contributed by atoms with van der Waals surface area (Å²) in [5.41, 5.74) is 1.11. The molecule has 0 radical (unpaired) electrons. The summed E-state index contributed by atoms with van der Waals surface area (Å²) in [7, 11) is 1.59. The molecule has 0 fully saturated rings. The molecule has 6 nitrogen and oxygen atoms in total. The van der Waals surface area contributed by atoms with Crippen LogP contribution in [0, 0.1) is 0 Å². The van der Waals surface area contributed by atoms with Gasteiger partial charge in [-0.1, -0.05) is 23.9 Å². The third-order valence-corrected chi connectivity index (χ3v) is 5.21. The van der Waals surface area contributed by atoms with Crippen LogP contribution < -0.4 is 15.6 Å². The molecule has 3 aromatic rings. The Morgan fingerprint density at radius 3 is 2.43 bits per heavy atom. The van der Waals surface area contributed by atoms with Crippen LogP contribution in [-0.2, 0) is 4.79 Å². The number of nitrogens with zero attached hydrogens (tertiary/aromatic N) is 2. The molecule has 7 heteroatoms. The zero-order chi connectivity index (χ0) is 20.3. The fourth-order valence-electron chi connectivity index (χ4n) is 2.76. The van der Waals surface area contributed by atoms with Crippen molar-refractivity contribution in [2.24, 2.45) is 0 Å². The molecule has 0 spiro atoms. The lowest BCUT2D eigenvalue weighted by Gasteiger charge is -2.17. The van der Waals surface area contributed by atoms with Gasteiger partial charge < -0.3 is 10.1 Å². The number of amides is 1. The third kappa shape index (κ3) is 4.20. The van der Waals surface area contributed by atoms with E-state index >= 15 is 0 Å². The van der Waals surface area contributed by atoms with E-state index in [1.54, 1.807) is 48.1 Å². The van der Waals surface area contributed by atoms with Gasteiger partial charge in [-0.25, -0.2) is 4.98 Å². The van der Waals surface area contributed by atoms with Gasteiger partial charge in [-0.05, 0) is 57.2 Å². The van der Waals surface area contributed by atoms with E-state index in [1.807, 2.05) is 32.9 Å². The lowest BCUT2D eigenvalue weighted by molar-refractivity contribution is -0.120. The summed E-state index contributed by atoms with van der Waals surface area (Å²) in [6.07, 6.45) is 0. The number of aromatic nitrogens is 2. The number of hydrogen-bond donors (Lipinski definition) is 1. The first kappa shape index (κ1) is 19.9. The molecule has 0 saturated heterocycles. The van der Waals surface area contributed by atoms with Gasteiger partial charge >= 0.3 is 0 Å². The molecule has 3 rings (SSSR count). The Kier molecular flexibility index (Phi) is 6.04. The lowest BCUT2D eigenvalue weighted by Crippen LogP contribution is -2.36. The fourth-order valence-corrected chi connectivity index (χ4v) is 3.70. The minimum Gasteiger partial charge on any atom is -0.497 e. The number of methoxy groups -OCH3 is 1. The Labute approximate surface area is 167 Å². The Morgan fingerprint density at radius 1 is 1.11 bits per heavy atom. The number of fused-ring (bicyclic) bond motifs is 1. The van der Waals surface area contributed by atoms with Gasteiger partial charge in [0.25, 0.3) is 5.56 Å². The number of para-hydroxylation sites is 1. The highest BCUT2D eigenvalue weighted by molar-refractivity contribution is 8.00. The van der Waals surface area contributed by atoms with E-state index in [1.165, 1.54) is 11.8 Å². The van der Waals surface area contributed by atoms with E-state index < -0.39 is 5.25 Å². The number of rotatable bonds is 6. The molecule has 146 valence electrons. The lowest BCUT2D eigenvalue weighted by atomic mass is 10.2. The van der Waals surface area contributed by atoms with Crippen molar-refractivity contribution in [1.29, 1.82) is 0 Å². The summed E-state index contributed by atoms with van der Waals surface area (Å²) in [6, 6.07) is 14.5. The number of carbonyl (C=O) groups is 1. The second-order valence-electron chi connectivity index (χ2n) is 6.67. The van der Waals surface area contributed by atoms with Crippen LogP contribution >= 0.6 is 11.8 Å². The summed E-state index contributed by atoms with van der Waals surface area (Å²) >= 11 is 1.26. The maximum atomic E-state index is 13.2. The molecule has 28 heavy (non-hydrogen) atoms. The van der Waals surface area contributed by atoms with Crippen LogP contribution in [0.15, 0.2) is 58.5 Å². The van der Waals surface area contributed by atoms with Gasteiger partial charge in [0.2, 0.25) is 5.91 Å². The number of nitrogens with one attached hydrogen (secondary N) is 1. The molecule has 0 aliphatic rings. The highest BCUT2D eigenvalue weighted by atomic mass is 32.2. The SMILES string of the molecule is COc1ccc(-n2c(S[C@@H](C)C(=O)NC(C)C)nc3ccccc3c2=O)cc1. The van der Waals surface area contributed by atoms with Gasteiger partial charge in [0.05, 0.1) is 29.0 Å². The average Bonchev–Trinajstić information content (AvgIpc) is 2.68. The number of thioether (sulfide) groups is 1. The van der Waals surface area contributed by atoms with Crippen LogP contribution in [0.25, 0.3) is 16.6 Å². The highest BCUT2D eigenvalue weighted by Crippen LogP contribution is 2.26. The van der Waals surface area contributed by atoms with E-state index in [0.717, 1.165) is 0 Å². The first-order valence-corrected chi connectivity index (χ1v) is 9.92. The molecular formula is C21H23N3O3S. The molecule has 1 heterocycles. The van der Waals surface area contributed by atoms with Gasteiger partial charge in [-0.2, -0.15) is 0 Å². The van der Waals surface area contributed by atoms with Crippen molar-refractivity contribution >= 4 is 28.6 Å². The Hall–Kier alpha value is -2.80. The Bertz CT molecular complexity index is 1040. The van der Waals surface area contributed by atoms with Gasteiger partial charge in [0, 0.05) is 6.04 Å². The number of ether oxygens (including phenoxy) is 1. The van der Waals surface area contributed by atoms with Gasteiger partial charge in [0.1, 0.15) is 5.75 Å². The highest BCUT2D eigenvalue weighted by Gasteiger charge is 2.20. The van der Waals surface area contributed by atoms with Crippen LogP contribution in [0.4, 0.5) is 0 Å². The smallest absolute Gasteiger partial charge is 0.266 e. The monoisotopic (exact) mass is 397 g/mol. The standard InChI is InChI=1S/C21H23N3O3S/c1-13(2)22-19(25)14(3)28-21-23-18-8-6-5-7-17(18)20(26)24(21)15-9-11-16(27-4)12-10-15/h5-14H,1-4H3,(H,22,25)/t14-/m0/s1. The maximum Gasteiger partial charge on any atom is 0.266 e. The van der Waals surface area contributed by atoms with E-state index in [2.05, 4.69) is 10.3 Å². The quantitative estimate of drug-likeness (QED) is 0.510. The normalized spacial score (nSPS) is 12.2. The molecule has 0 saturated carbocycles. The largest absolute Gasteiger partial charge is 0.497 e. The second-order valence-corrected chi connectivity index (χ2v) is 7.98. The van der Waals surface area contributed by atoms with E-state index in [0.29, 0.717) is 27.5 Å². The van der Waals surface area contributed by atoms with Crippen molar-refractivity contribution in [3.8, 4) is 11.4 Å². The van der Waals surface area contributed by atoms with Crippen molar-refractivity contribution in [3.63, 3.8) is 0 Å². The summed E-state index contributed by atoms with van der Waals surface area (Å²) < 4.78 is 6.75. The predicted octanol–water partition coefficient (Wildman–Crippen LogP) is 3.40. The first-order valence-electron chi connectivity index (χ1n) is 9.04. The van der Waals surface area contributed by atoms with Crippen molar-refractivity contribution in [3.05, 3.63) is 58.9 Å². The maximum absolute atomic E-state index is 13.2. The molecule has 2 aromatic carbocycles. The third-order valence-electron chi connectivity index (χ3n) is 4.16. The van der Waals surface area contributed by atoms with E-state index in [9.17, 15) is 9.59 Å². The Morgan fingerprint density at radius 2 is 1.79 bits per heavy atom. The molecule has 1 aromatic heterocycles. The molecule has 1 atom stereocenters. The van der Waals surface area contributed by atoms with E-state index in [4.69, 9.17) is 4.74 Å². The van der Waals surface area contributed by atoms with Crippen molar-refractivity contribution < 1.29 is 9.53 Å². The zero-order valence-electron chi connectivity index (χ0n) is 16.3. The summed E-state index contributed by atoms with van der Waals surface area (Å²) in [5, 5.41) is 3.50. The minimum absolute atomic E-state index is 0.0453. The number of benzene rings is 2. The molecule has 1 amide bonds. The number of carbonyl (C=O) groups excluding carboxylic acids is 1.